The Kier molecular flexibility index (Phi) is 4.11. The highest BCUT2D eigenvalue weighted by atomic mass is 16.1. The average Bonchev–Trinajstić information content (AvgIpc) is 2.57. The van der Waals surface area contributed by atoms with E-state index in [0.29, 0.717) is 11.5 Å². The first-order valence-corrected chi connectivity index (χ1v) is 8.28. The number of rotatable bonds is 1. The van der Waals surface area contributed by atoms with Crippen molar-refractivity contribution in [3.05, 3.63) is 0 Å². The maximum absolute atomic E-state index is 11.5. The second-order valence-corrected chi connectivity index (χ2v) is 6.97. The van der Waals surface area contributed by atoms with Crippen molar-refractivity contribution in [3.63, 3.8) is 0 Å². The second-order valence-electron chi connectivity index (χ2n) is 6.97. The maximum atomic E-state index is 11.5. The van der Waals surface area contributed by atoms with E-state index < -0.39 is 0 Å². The zero-order valence-electron chi connectivity index (χ0n) is 12.1. The third-order valence-electron chi connectivity index (χ3n) is 5.65. The number of hydrogen-bond acceptors (Lipinski definition) is 2. The van der Waals surface area contributed by atoms with Crippen molar-refractivity contribution >= 4 is 5.91 Å². The van der Waals surface area contributed by atoms with E-state index in [-0.39, 0.29) is 5.91 Å². The minimum absolute atomic E-state index is 0.255. The van der Waals surface area contributed by atoms with Crippen LogP contribution >= 0.6 is 0 Å². The second kappa shape index (κ2) is 5.82. The molecule has 0 bridgehead atoms. The first-order valence-electron chi connectivity index (χ1n) is 8.28. The SMILES string of the molecule is O=C1CCC(N2CCC3(CCCCCC3)C2)CCN1. The zero-order chi connectivity index (χ0) is 13.1. The molecule has 1 atom stereocenters. The van der Waals surface area contributed by atoms with E-state index in [2.05, 4.69) is 10.2 Å². The van der Waals surface area contributed by atoms with Crippen molar-refractivity contribution in [2.45, 2.75) is 70.3 Å². The Morgan fingerprint density at radius 2 is 1.84 bits per heavy atom. The van der Waals surface area contributed by atoms with Gasteiger partial charge in [0, 0.05) is 25.6 Å². The van der Waals surface area contributed by atoms with Crippen molar-refractivity contribution in [1.29, 1.82) is 0 Å². The summed E-state index contributed by atoms with van der Waals surface area (Å²) in [5.41, 5.74) is 0.639. The molecular formula is C16H28N2O. The number of likely N-dealkylation sites (tertiary alicyclic amines) is 1. The lowest BCUT2D eigenvalue weighted by atomic mass is 9.80. The van der Waals surface area contributed by atoms with Crippen LogP contribution in [0.2, 0.25) is 0 Å². The Hall–Kier alpha value is -0.570. The van der Waals surface area contributed by atoms with Crippen LogP contribution in [0.1, 0.15) is 64.2 Å². The average molecular weight is 264 g/mol. The molecule has 108 valence electrons. The lowest BCUT2D eigenvalue weighted by Gasteiger charge is -2.31. The normalized spacial score (nSPS) is 32.8. The number of hydrogen-bond donors (Lipinski definition) is 1. The van der Waals surface area contributed by atoms with Crippen molar-refractivity contribution in [3.8, 4) is 0 Å². The highest BCUT2D eigenvalue weighted by molar-refractivity contribution is 5.76. The Morgan fingerprint density at radius 1 is 1.05 bits per heavy atom. The van der Waals surface area contributed by atoms with E-state index in [0.717, 1.165) is 25.8 Å². The Labute approximate surface area is 117 Å². The minimum Gasteiger partial charge on any atom is -0.356 e. The summed E-state index contributed by atoms with van der Waals surface area (Å²) in [5.74, 6) is 0.255. The van der Waals surface area contributed by atoms with Crippen LogP contribution < -0.4 is 5.32 Å². The fraction of sp³-hybridized carbons (Fsp3) is 0.938. The third-order valence-corrected chi connectivity index (χ3v) is 5.65. The quantitative estimate of drug-likeness (QED) is 0.790. The molecule has 3 fully saturated rings. The molecule has 1 amide bonds. The fourth-order valence-corrected chi connectivity index (χ4v) is 4.44. The van der Waals surface area contributed by atoms with E-state index in [1.165, 1.54) is 58.0 Å². The largest absolute Gasteiger partial charge is 0.356 e. The van der Waals surface area contributed by atoms with Gasteiger partial charge in [-0.2, -0.15) is 0 Å². The van der Waals surface area contributed by atoms with E-state index in [4.69, 9.17) is 0 Å². The molecule has 0 radical (unpaired) electrons. The van der Waals surface area contributed by atoms with E-state index in [1.54, 1.807) is 0 Å². The van der Waals surface area contributed by atoms with Crippen LogP contribution in [0.15, 0.2) is 0 Å². The van der Waals surface area contributed by atoms with E-state index in [1.807, 2.05) is 0 Å². The number of amides is 1. The summed E-state index contributed by atoms with van der Waals surface area (Å²) < 4.78 is 0. The van der Waals surface area contributed by atoms with Gasteiger partial charge in [0.05, 0.1) is 0 Å². The lowest BCUT2D eigenvalue weighted by molar-refractivity contribution is -0.120. The van der Waals surface area contributed by atoms with Crippen LogP contribution in [0, 0.1) is 5.41 Å². The summed E-state index contributed by atoms with van der Waals surface area (Å²) in [6.07, 6.45) is 13.0. The van der Waals surface area contributed by atoms with Gasteiger partial charge in [-0.3, -0.25) is 9.69 Å². The minimum atomic E-state index is 0.255. The zero-order valence-corrected chi connectivity index (χ0v) is 12.1. The molecular weight excluding hydrogens is 236 g/mol. The topological polar surface area (TPSA) is 32.3 Å². The van der Waals surface area contributed by atoms with Gasteiger partial charge >= 0.3 is 0 Å². The molecule has 19 heavy (non-hydrogen) atoms. The van der Waals surface area contributed by atoms with Crippen LogP contribution in [0.25, 0.3) is 0 Å². The van der Waals surface area contributed by atoms with Gasteiger partial charge in [-0.15, -0.1) is 0 Å². The Bertz CT molecular complexity index is 321. The molecule has 2 aliphatic heterocycles. The van der Waals surface area contributed by atoms with Gasteiger partial charge in [0.2, 0.25) is 5.91 Å². The predicted molar refractivity (Wildman–Crippen MR) is 77.0 cm³/mol. The molecule has 1 N–H and O–H groups in total. The molecule has 0 aromatic heterocycles. The van der Waals surface area contributed by atoms with Crippen LogP contribution in [-0.2, 0) is 4.79 Å². The first kappa shape index (κ1) is 13.4. The molecule has 0 aromatic carbocycles. The molecule has 3 nitrogen and oxygen atoms in total. The van der Waals surface area contributed by atoms with Crippen LogP contribution in [-0.4, -0.2) is 36.5 Å². The number of nitrogens with one attached hydrogen (secondary N) is 1. The number of carbonyl (C=O) groups excluding carboxylic acids is 1. The van der Waals surface area contributed by atoms with Gasteiger partial charge in [-0.05, 0) is 44.1 Å². The summed E-state index contributed by atoms with van der Waals surface area (Å²) in [6, 6.07) is 0.654. The fourth-order valence-electron chi connectivity index (χ4n) is 4.44. The molecule has 3 aliphatic rings. The molecule has 2 heterocycles. The van der Waals surface area contributed by atoms with Crippen molar-refractivity contribution in [2.24, 2.45) is 5.41 Å². The monoisotopic (exact) mass is 264 g/mol. The standard InChI is InChI=1S/C16H28N2O/c19-15-6-5-14(7-11-17-15)18-12-10-16(13-18)8-3-1-2-4-9-16/h14H,1-13H2,(H,17,19). The summed E-state index contributed by atoms with van der Waals surface area (Å²) in [4.78, 5) is 14.2. The van der Waals surface area contributed by atoms with Crippen molar-refractivity contribution < 1.29 is 4.79 Å². The van der Waals surface area contributed by atoms with E-state index in [9.17, 15) is 4.79 Å². The summed E-state index contributed by atoms with van der Waals surface area (Å²) in [7, 11) is 0. The summed E-state index contributed by atoms with van der Waals surface area (Å²) in [6.45, 7) is 3.47. The lowest BCUT2D eigenvalue weighted by Crippen LogP contribution is -2.36. The molecule has 1 unspecified atom stereocenters. The first-order chi connectivity index (χ1) is 9.27. The number of carbonyl (C=O) groups is 1. The van der Waals surface area contributed by atoms with E-state index >= 15 is 0 Å². The smallest absolute Gasteiger partial charge is 0.220 e. The highest BCUT2D eigenvalue weighted by Gasteiger charge is 2.40. The molecule has 1 saturated carbocycles. The van der Waals surface area contributed by atoms with Gasteiger partial charge < -0.3 is 5.32 Å². The molecule has 3 rings (SSSR count). The molecule has 1 aliphatic carbocycles. The number of nitrogens with zero attached hydrogens (tertiary/aromatic N) is 1. The van der Waals surface area contributed by atoms with Crippen LogP contribution in [0.4, 0.5) is 0 Å². The summed E-state index contributed by atoms with van der Waals surface area (Å²) >= 11 is 0. The highest BCUT2D eigenvalue weighted by Crippen LogP contribution is 2.43. The van der Waals surface area contributed by atoms with Crippen LogP contribution in [0.3, 0.4) is 0 Å². The Balaban J connectivity index is 1.59. The molecule has 2 saturated heterocycles. The van der Waals surface area contributed by atoms with Crippen molar-refractivity contribution in [1.82, 2.24) is 10.2 Å². The van der Waals surface area contributed by atoms with Crippen LogP contribution in [0.5, 0.6) is 0 Å². The van der Waals surface area contributed by atoms with Gasteiger partial charge in [0.15, 0.2) is 0 Å². The Morgan fingerprint density at radius 3 is 2.63 bits per heavy atom. The summed E-state index contributed by atoms with van der Waals surface area (Å²) in [5, 5.41) is 3.01. The van der Waals surface area contributed by atoms with Gasteiger partial charge in [0.25, 0.3) is 0 Å². The van der Waals surface area contributed by atoms with Gasteiger partial charge in [-0.25, -0.2) is 0 Å². The molecule has 1 spiro atoms. The predicted octanol–water partition coefficient (Wildman–Crippen LogP) is 2.70. The third kappa shape index (κ3) is 3.13. The molecule has 0 aromatic rings. The van der Waals surface area contributed by atoms with Crippen molar-refractivity contribution in [2.75, 3.05) is 19.6 Å². The maximum Gasteiger partial charge on any atom is 0.220 e. The van der Waals surface area contributed by atoms with Gasteiger partial charge in [0.1, 0.15) is 0 Å². The van der Waals surface area contributed by atoms with Gasteiger partial charge in [-0.1, -0.05) is 25.7 Å². The molecule has 3 heteroatoms.